The number of thiophene rings is 1. The molecule has 2 amide bonds. The lowest BCUT2D eigenvalue weighted by Gasteiger charge is -2.15. The molecular weight excluding hydrogens is 381 g/mol. The van der Waals surface area contributed by atoms with E-state index in [1.807, 2.05) is 0 Å². The Hall–Kier alpha value is -3.26. The largest absolute Gasteiger partial charge is 0.439 e. The van der Waals surface area contributed by atoms with Crippen LogP contribution in [-0.2, 0) is 11.3 Å². The van der Waals surface area contributed by atoms with E-state index in [-0.39, 0.29) is 24.2 Å². The molecule has 0 aliphatic rings. The van der Waals surface area contributed by atoms with E-state index in [9.17, 15) is 14.0 Å². The number of hydrogen-bond acceptors (Lipinski definition) is 5. The minimum Gasteiger partial charge on any atom is -0.439 e. The first-order valence-electron chi connectivity index (χ1n) is 8.52. The summed E-state index contributed by atoms with van der Waals surface area (Å²) >= 11 is 1.30. The maximum Gasteiger partial charge on any atom is 0.261 e. The van der Waals surface area contributed by atoms with Crippen molar-refractivity contribution in [3.8, 4) is 11.6 Å². The number of nitrogens with one attached hydrogen (secondary N) is 2. The van der Waals surface area contributed by atoms with Gasteiger partial charge in [0.15, 0.2) is 0 Å². The Morgan fingerprint density at radius 2 is 2.07 bits per heavy atom. The first-order valence-corrected chi connectivity index (χ1v) is 9.40. The van der Waals surface area contributed by atoms with E-state index in [0.717, 1.165) is 0 Å². The predicted octanol–water partition coefficient (Wildman–Crippen LogP) is 3.51. The van der Waals surface area contributed by atoms with Gasteiger partial charge in [0.2, 0.25) is 11.8 Å². The van der Waals surface area contributed by atoms with Crippen LogP contribution in [-0.4, -0.2) is 22.8 Å². The maximum atomic E-state index is 13.3. The van der Waals surface area contributed by atoms with Gasteiger partial charge in [-0.15, -0.1) is 11.3 Å². The molecule has 8 heteroatoms. The van der Waals surface area contributed by atoms with E-state index in [4.69, 9.17) is 4.74 Å². The molecule has 144 valence electrons. The Labute approximate surface area is 165 Å². The molecule has 0 aliphatic carbocycles. The molecule has 3 rings (SSSR count). The highest BCUT2D eigenvalue weighted by atomic mass is 32.1. The van der Waals surface area contributed by atoms with Crippen LogP contribution in [0.15, 0.2) is 60.1 Å². The third kappa shape index (κ3) is 5.14. The summed E-state index contributed by atoms with van der Waals surface area (Å²) < 4.78 is 19.0. The lowest BCUT2D eigenvalue weighted by molar-refractivity contribution is -0.122. The molecular formula is C20H18FN3O3S. The Kier molecular flexibility index (Phi) is 6.33. The third-order valence-corrected chi connectivity index (χ3v) is 4.67. The lowest BCUT2D eigenvalue weighted by Crippen LogP contribution is -2.44. The third-order valence-electron chi connectivity index (χ3n) is 3.80. The normalized spacial score (nSPS) is 11.5. The van der Waals surface area contributed by atoms with Gasteiger partial charge in [-0.25, -0.2) is 9.37 Å². The topological polar surface area (TPSA) is 80.3 Å². The summed E-state index contributed by atoms with van der Waals surface area (Å²) in [6.07, 6.45) is 1.55. The fraction of sp³-hybridized carbons (Fsp3) is 0.150. The van der Waals surface area contributed by atoms with E-state index in [0.29, 0.717) is 16.2 Å². The van der Waals surface area contributed by atoms with Crippen LogP contribution in [0.25, 0.3) is 0 Å². The Balaban J connectivity index is 1.59. The van der Waals surface area contributed by atoms with Crippen molar-refractivity contribution < 1.29 is 18.7 Å². The molecule has 2 aromatic heterocycles. The van der Waals surface area contributed by atoms with Crippen molar-refractivity contribution in [1.82, 2.24) is 15.6 Å². The van der Waals surface area contributed by atoms with Crippen LogP contribution in [0.4, 0.5) is 4.39 Å². The summed E-state index contributed by atoms with van der Waals surface area (Å²) in [6.45, 7) is 1.75. The highest BCUT2D eigenvalue weighted by Crippen LogP contribution is 2.23. The number of hydrogen-bond donors (Lipinski definition) is 2. The molecule has 0 spiro atoms. The molecule has 0 saturated heterocycles. The van der Waals surface area contributed by atoms with Crippen molar-refractivity contribution in [2.24, 2.45) is 0 Å². The lowest BCUT2D eigenvalue weighted by atomic mass is 10.2. The number of amides is 2. The van der Waals surface area contributed by atoms with Crippen molar-refractivity contribution in [2.45, 2.75) is 19.5 Å². The average Bonchev–Trinajstić information content (AvgIpc) is 3.22. The molecule has 0 radical (unpaired) electrons. The van der Waals surface area contributed by atoms with Crippen molar-refractivity contribution in [1.29, 1.82) is 0 Å². The van der Waals surface area contributed by atoms with E-state index >= 15 is 0 Å². The summed E-state index contributed by atoms with van der Waals surface area (Å²) in [5, 5.41) is 7.19. The van der Waals surface area contributed by atoms with Crippen LogP contribution in [0.2, 0.25) is 0 Å². The van der Waals surface area contributed by atoms with E-state index in [1.165, 1.54) is 29.5 Å². The first kappa shape index (κ1) is 19.5. The zero-order valence-electron chi connectivity index (χ0n) is 15.0. The highest BCUT2D eigenvalue weighted by Gasteiger charge is 2.17. The smallest absolute Gasteiger partial charge is 0.261 e. The molecule has 0 unspecified atom stereocenters. The molecule has 1 atom stereocenters. The summed E-state index contributed by atoms with van der Waals surface area (Å²) in [5.74, 6) is -0.482. The number of aromatic nitrogens is 1. The molecule has 1 aromatic carbocycles. The molecule has 2 heterocycles. The van der Waals surface area contributed by atoms with Gasteiger partial charge in [-0.3, -0.25) is 9.59 Å². The number of carbonyl (C=O) groups is 2. The minimum absolute atomic E-state index is 0.149. The summed E-state index contributed by atoms with van der Waals surface area (Å²) in [5.41, 5.74) is 0.622. The number of ether oxygens (including phenoxy) is 1. The minimum atomic E-state index is -0.709. The monoisotopic (exact) mass is 399 g/mol. The van der Waals surface area contributed by atoms with Gasteiger partial charge < -0.3 is 15.4 Å². The second-order valence-electron chi connectivity index (χ2n) is 5.92. The van der Waals surface area contributed by atoms with Crippen LogP contribution < -0.4 is 15.4 Å². The quantitative estimate of drug-likeness (QED) is 0.637. The van der Waals surface area contributed by atoms with Crippen LogP contribution in [0.5, 0.6) is 11.6 Å². The SMILES string of the molecule is C[C@@H](NC(=O)c1cccs1)C(=O)NCc1cccnc1Oc1cccc(F)c1. The second kappa shape index (κ2) is 9.09. The van der Waals surface area contributed by atoms with Crippen LogP contribution >= 0.6 is 11.3 Å². The summed E-state index contributed by atoms with van der Waals surface area (Å²) in [6, 6.07) is 11.9. The molecule has 2 N–H and O–H groups in total. The van der Waals surface area contributed by atoms with Gasteiger partial charge in [-0.1, -0.05) is 18.2 Å². The van der Waals surface area contributed by atoms with Gasteiger partial charge >= 0.3 is 0 Å². The number of carbonyl (C=O) groups excluding carboxylic acids is 2. The van der Waals surface area contributed by atoms with Crippen LogP contribution in [0, 0.1) is 5.82 Å². The second-order valence-corrected chi connectivity index (χ2v) is 6.87. The number of nitrogens with zero attached hydrogens (tertiary/aromatic N) is 1. The van der Waals surface area contributed by atoms with Gasteiger partial charge in [0.1, 0.15) is 17.6 Å². The molecule has 6 nitrogen and oxygen atoms in total. The molecule has 3 aromatic rings. The molecule has 0 aliphatic heterocycles. The van der Waals surface area contributed by atoms with Gasteiger partial charge in [0, 0.05) is 24.4 Å². The predicted molar refractivity (Wildman–Crippen MR) is 104 cm³/mol. The van der Waals surface area contributed by atoms with Crippen LogP contribution in [0.3, 0.4) is 0 Å². The number of pyridine rings is 1. The molecule has 0 fully saturated rings. The fourth-order valence-electron chi connectivity index (χ4n) is 2.37. The Morgan fingerprint density at radius 3 is 2.82 bits per heavy atom. The number of halogens is 1. The van der Waals surface area contributed by atoms with Crippen molar-refractivity contribution in [2.75, 3.05) is 0 Å². The zero-order chi connectivity index (χ0) is 19.9. The number of rotatable bonds is 7. The highest BCUT2D eigenvalue weighted by molar-refractivity contribution is 7.12. The standard InChI is InChI=1S/C20H18FN3O3S/c1-13(24-19(26)17-8-4-10-28-17)18(25)23-12-14-5-3-9-22-20(14)27-16-7-2-6-15(21)11-16/h2-11,13H,12H2,1H3,(H,23,25)(H,24,26)/t13-/m1/s1. The van der Waals surface area contributed by atoms with Gasteiger partial charge in [-0.05, 0) is 36.6 Å². The van der Waals surface area contributed by atoms with Crippen molar-refractivity contribution in [3.63, 3.8) is 0 Å². The molecule has 0 saturated carbocycles. The first-order chi connectivity index (χ1) is 13.5. The maximum absolute atomic E-state index is 13.3. The Morgan fingerprint density at radius 1 is 1.21 bits per heavy atom. The fourth-order valence-corrected chi connectivity index (χ4v) is 3.00. The van der Waals surface area contributed by atoms with Gasteiger partial charge in [0.05, 0.1) is 4.88 Å². The summed E-state index contributed by atoms with van der Waals surface area (Å²) in [7, 11) is 0. The van der Waals surface area contributed by atoms with Crippen LogP contribution in [0.1, 0.15) is 22.2 Å². The molecule has 0 bridgehead atoms. The van der Waals surface area contributed by atoms with E-state index in [2.05, 4.69) is 15.6 Å². The summed E-state index contributed by atoms with van der Waals surface area (Å²) in [4.78, 5) is 29.0. The van der Waals surface area contributed by atoms with Crippen molar-refractivity contribution >= 4 is 23.2 Å². The van der Waals surface area contributed by atoms with E-state index < -0.39 is 11.9 Å². The Bertz CT molecular complexity index is 963. The van der Waals surface area contributed by atoms with Crippen molar-refractivity contribution in [3.05, 3.63) is 76.4 Å². The molecule has 28 heavy (non-hydrogen) atoms. The zero-order valence-corrected chi connectivity index (χ0v) is 15.8. The average molecular weight is 399 g/mol. The van der Waals surface area contributed by atoms with Gasteiger partial charge in [-0.2, -0.15) is 0 Å². The number of benzene rings is 1. The van der Waals surface area contributed by atoms with Gasteiger partial charge in [0.25, 0.3) is 5.91 Å². The van der Waals surface area contributed by atoms with E-state index in [1.54, 1.807) is 48.8 Å².